The van der Waals surface area contributed by atoms with E-state index in [0.717, 1.165) is 0 Å². The van der Waals surface area contributed by atoms with Gasteiger partial charge in [0.15, 0.2) is 0 Å². The third-order valence-corrected chi connectivity index (χ3v) is 1.66. The minimum Gasteiger partial charge on any atom is -0.394 e. The lowest BCUT2D eigenvalue weighted by Crippen LogP contribution is -2.45. The number of rotatable bonds is 2. The Balaban J connectivity index is 3.71. The average molecular weight is 117 g/mol. The minimum absolute atomic E-state index is 0.0602. The summed E-state index contributed by atoms with van der Waals surface area (Å²) in [6.45, 7) is 5.90. The van der Waals surface area contributed by atoms with Gasteiger partial charge in [-0.25, -0.2) is 0 Å². The molecule has 0 heterocycles. The van der Waals surface area contributed by atoms with Crippen molar-refractivity contribution in [2.24, 2.45) is 11.7 Å². The van der Waals surface area contributed by atoms with Gasteiger partial charge in [0.25, 0.3) is 0 Å². The molecule has 0 aliphatic carbocycles. The maximum atomic E-state index is 8.64. The third kappa shape index (κ3) is 1.80. The highest BCUT2D eigenvalue weighted by Crippen LogP contribution is 2.10. The highest BCUT2D eigenvalue weighted by molar-refractivity contribution is 4.80. The van der Waals surface area contributed by atoms with Crippen LogP contribution in [0.3, 0.4) is 0 Å². The van der Waals surface area contributed by atoms with E-state index >= 15 is 0 Å². The zero-order chi connectivity index (χ0) is 6.78. The molecular formula is C6H15NO. The van der Waals surface area contributed by atoms with E-state index in [9.17, 15) is 0 Å². The zero-order valence-corrected chi connectivity index (χ0v) is 5.81. The molecule has 0 radical (unpaired) electrons. The van der Waals surface area contributed by atoms with Crippen molar-refractivity contribution in [3.05, 3.63) is 0 Å². The lowest BCUT2D eigenvalue weighted by Gasteiger charge is -2.25. The molecule has 3 N–H and O–H groups in total. The average Bonchev–Trinajstić information content (AvgIpc) is 1.67. The first kappa shape index (κ1) is 7.92. The predicted molar refractivity (Wildman–Crippen MR) is 34.5 cm³/mol. The maximum absolute atomic E-state index is 8.64. The Labute approximate surface area is 50.7 Å². The summed E-state index contributed by atoms with van der Waals surface area (Å²) in [4.78, 5) is 0. The minimum atomic E-state index is -0.403. The molecule has 0 amide bonds. The molecule has 0 aromatic rings. The molecule has 0 spiro atoms. The Morgan fingerprint density at radius 1 is 1.62 bits per heavy atom. The van der Waals surface area contributed by atoms with Crippen LogP contribution in [0.25, 0.3) is 0 Å². The second-order valence-electron chi connectivity index (χ2n) is 2.82. The van der Waals surface area contributed by atoms with Crippen LogP contribution in [0.5, 0.6) is 0 Å². The second-order valence-corrected chi connectivity index (χ2v) is 2.82. The van der Waals surface area contributed by atoms with Crippen molar-refractivity contribution in [3.63, 3.8) is 0 Å². The summed E-state index contributed by atoms with van der Waals surface area (Å²) >= 11 is 0. The van der Waals surface area contributed by atoms with Gasteiger partial charge in [-0.1, -0.05) is 13.8 Å². The first-order chi connectivity index (χ1) is 3.50. The van der Waals surface area contributed by atoms with Gasteiger partial charge in [-0.05, 0) is 12.8 Å². The summed E-state index contributed by atoms with van der Waals surface area (Å²) in [5.41, 5.74) is 5.21. The summed E-state index contributed by atoms with van der Waals surface area (Å²) in [5.74, 6) is 0.340. The van der Waals surface area contributed by atoms with Gasteiger partial charge in [-0.3, -0.25) is 0 Å². The van der Waals surface area contributed by atoms with Crippen LogP contribution in [0.2, 0.25) is 0 Å². The topological polar surface area (TPSA) is 46.2 Å². The Morgan fingerprint density at radius 2 is 2.00 bits per heavy atom. The molecule has 0 aromatic heterocycles. The number of nitrogens with two attached hydrogens (primary N) is 1. The highest BCUT2D eigenvalue weighted by Gasteiger charge is 2.20. The van der Waals surface area contributed by atoms with Crippen molar-refractivity contribution in [3.8, 4) is 0 Å². The molecule has 0 aliphatic rings. The Morgan fingerprint density at radius 3 is 2.00 bits per heavy atom. The molecule has 1 atom stereocenters. The monoisotopic (exact) mass is 117 g/mol. The van der Waals surface area contributed by atoms with Crippen LogP contribution in [0.15, 0.2) is 0 Å². The quantitative estimate of drug-likeness (QED) is 0.548. The van der Waals surface area contributed by atoms with Crippen molar-refractivity contribution in [2.45, 2.75) is 26.3 Å². The molecule has 0 fully saturated rings. The molecule has 0 saturated carbocycles. The molecular weight excluding hydrogens is 102 g/mol. The smallest absolute Gasteiger partial charge is 0.0611 e. The van der Waals surface area contributed by atoms with Crippen molar-refractivity contribution < 1.29 is 5.11 Å². The van der Waals surface area contributed by atoms with E-state index in [1.165, 1.54) is 0 Å². The van der Waals surface area contributed by atoms with Crippen LogP contribution >= 0.6 is 0 Å². The first-order valence-electron chi connectivity index (χ1n) is 2.90. The molecule has 0 aromatic carbocycles. The van der Waals surface area contributed by atoms with Crippen LogP contribution in [0.1, 0.15) is 20.8 Å². The van der Waals surface area contributed by atoms with E-state index in [4.69, 9.17) is 10.8 Å². The summed E-state index contributed by atoms with van der Waals surface area (Å²) in [6.07, 6.45) is 0. The Bertz CT molecular complexity index is 68.9. The molecule has 8 heavy (non-hydrogen) atoms. The van der Waals surface area contributed by atoms with Gasteiger partial charge < -0.3 is 10.8 Å². The van der Waals surface area contributed by atoms with Crippen molar-refractivity contribution in [1.82, 2.24) is 0 Å². The molecule has 0 bridgehead atoms. The fraction of sp³-hybridized carbons (Fsp3) is 1.00. The summed E-state index contributed by atoms with van der Waals surface area (Å²) < 4.78 is 0. The Kier molecular flexibility index (Phi) is 2.44. The van der Waals surface area contributed by atoms with Crippen molar-refractivity contribution in [1.29, 1.82) is 0 Å². The lowest BCUT2D eigenvalue weighted by molar-refractivity contribution is 0.170. The van der Waals surface area contributed by atoms with E-state index in [1.807, 2.05) is 20.8 Å². The lowest BCUT2D eigenvalue weighted by atomic mass is 9.91. The maximum Gasteiger partial charge on any atom is 0.0611 e. The summed E-state index contributed by atoms with van der Waals surface area (Å²) in [7, 11) is 0. The van der Waals surface area contributed by atoms with E-state index < -0.39 is 5.54 Å². The van der Waals surface area contributed by atoms with Crippen molar-refractivity contribution in [2.75, 3.05) is 6.61 Å². The molecule has 2 heteroatoms. The number of aliphatic hydroxyl groups excluding tert-OH is 1. The van der Waals surface area contributed by atoms with Gasteiger partial charge in [0, 0.05) is 5.54 Å². The first-order valence-corrected chi connectivity index (χ1v) is 2.90. The highest BCUT2D eigenvalue weighted by atomic mass is 16.3. The molecule has 0 rings (SSSR count). The zero-order valence-electron chi connectivity index (χ0n) is 5.81. The largest absolute Gasteiger partial charge is 0.394 e. The molecule has 50 valence electrons. The fourth-order valence-corrected chi connectivity index (χ4v) is 0.183. The van der Waals surface area contributed by atoms with Gasteiger partial charge in [0.2, 0.25) is 0 Å². The van der Waals surface area contributed by atoms with Crippen LogP contribution in [-0.4, -0.2) is 17.3 Å². The second kappa shape index (κ2) is 2.46. The van der Waals surface area contributed by atoms with E-state index in [1.54, 1.807) is 0 Å². The van der Waals surface area contributed by atoms with Crippen LogP contribution in [-0.2, 0) is 0 Å². The normalized spacial score (nSPS) is 18.8. The molecule has 0 aliphatic heterocycles. The number of hydrogen-bond donors (Lipinski definition) is 2. The fourth-order valence-electron chi connectivity index (χ4n) is 0.183. The standard InChI is InChI=1S/C6H15NO/c1-5(2)6(3,7)4-8/h5,8H,4,7H2,1-3H3/t6-/m1/s1. The molecule has 0 saturated heterocycles. The van der Waals surface area contributed by atoms with E-state index in [2.05, 4.69) is 0 Å². The van der Waals surface area contributed by atoms with Gasteiger partial charge >= 0.3 is 0 Å². The van der Waals surface area contributed by atoms with Crippen molar-refractivity contribution >= 4 is 0 Å². The SMILES string of the molecule is CC(C)[C@](C)(N)CO. The number of hydrogen-bond acceptors (Lipinski definition) is 2. The summed E-state index contributed by atoms with van der Waals surface area (Å²) in [6, 6.07) is 0. The van der Waals surface area contributed by atoms with Gasteiger partial charge in [-0.2, -0.15) is 0 Å². The van der Waals surface area contributed by atoms with Gasteiger partial charge in [0.1, 0.15) is 0 Å². The molecule has 0 unspecified atom stereocenters. The van der Waals surface area contributed by atoms with Gasteiger partial charge in [-0.15, -0.1) is 0 Å². The van der Waals surface area contributed by atoms with Gasteiger partial charge in [0.05, 0.1) is 6.61 Å². The van der Waals surface area contributed by atoms with Crippen LogP contribution < -0.4 is 5.73 Å². The van der Waals surface area contributed by atoms with Crippen LogP contribution in [0, 0.1) is 5.92 Å². The third-order valence-electron chi connectivity index (χ3n) is 1.66. The Hall–Kier alpha value is -0.0800. The van der Waals surface area contributed by atoms with E-state index in [0.29, 0.717) is 5.92 Å². The number of aliphatic hydroxyl groups is 1. The van der Waals surface area contributed by atoms with E-state index in [-0.39, 0.29) is 6.61 Å². The predicted octanol–water partition coefficient (Wildman–Crippen LogP) is 0.352. The molecule has 2 nitrogen and oxygen atoms in total. The summed E-state index contributed by atoms with van der Waals surface area (Å²) in [5, 5.41) is 8.64. The van der Waals surface area contributed by atoms with Crippen LogP contribution in [0.4, 0.5) is 0 Å².